The van der Waals surface area contributed by atoms with E-state index in [2.05, 4.69) is 0 Å². The van der Waals surface area contributed by atoms with E-state index in [4.69, 9.17) is 11.6 Å². The molecule has 2 rings (SSSR count). The number of halogens is 1. The first-order valence-corrected chi connectivity index (χ1v) is 10.4. The first-order chi connectivity index (χ1) is 9.78. The van der Waals surface area contributed by atoms with E-state index in [-0.39, 0.29) is 28.0 Å². The van der Waals surface area contributed by atoms with Crippen molar-refractivity contribution in [1.29, 1.82) is 0 Å². The van der Waals surface area contributed by atoms with Crippen LogP contribution in [0.4, 0.5) is 0 Å². The third kappa shape index (κ3) is 3.59. The lowest BCUT2D eigenvalue weighted by Gasteiger charge is -2.27. The summed E-state index contributed by atoms with van der Waals surface area (Å²) < 4.78 is 50.1. The third-order valence-electron chi connectivity index (χ3n) is 3.48. The van der Waals surface area contributed by atoms with Crippen LogP contribution in [0.25, 0.3) is 0 Å². The molecule has 0 bridgehead atoms. The Balaban J connectivity index is 2.40. The zero-order valence-corrected chi connectivity index (χ0v) is 14.1. The lowest BCUT2D eigenvalue weighted by molar-refractivity contribution is 0.340. The van der Waals surface area contributed by atoms with Crippen LogP contribution < -0.4 is 0 Å². The Hall–Kier alpha value is -0.630. The van der Waals surface area contributed by atoms with E-state index in [1.165, 1.54) is 16.4 Å². The SMILES string of the molecule is CCCN([C@@H]1CCS(=O)(=O)C1)S(=O)(=O)c1ccccc1Cl. The van der Waals surface area contributed by atoms with Gasteiger partial charge in [0.15, 0.2) is 9.84 Å². The van der Waals surface area contributed by atoms with Crippen LogP contribution in [-0.4, -0.2) is 45.2 Å². The van der Waals surface area contributed by atoms with Crippen LogP contribution in [0.15, 0.2) is 29.2 Å². The molecule has 0 saturated carbocycles. The smallest absolute Gasteiger partial charge is 0.229 e. The highest BCUT2D eigenvalue weighted by atomic mass is 35.5. The molecule has 118 valence electrons. The quantitative estimate of drug-likeness (QED) is 0.812. The maximum atomic E-state index is 12.8. The van der Waals surface area contributed by atoms with E-state index in [1.54, 1.807) is 12.1 Å². The molecule has 0 amide bonds. The summed E-state index contributed by atoms with van der Waals surface area (Å²) in [6.07, 6.45) is 0.951. The number of rotatable bonds is 5. The second kappa shape index (κ2) is 6.24. The lowest BCUT2D eigenvalue weighted by Crippen LogP contribution is -2.41. The van der Waals surface area contributed by atoms with Gasteiger partial charge in [0, 0.05) is 12.6 Å². The molecule has 0 unspecified atom stereocenters. The molecular formula is C13H18ClNO4S2. The average Bonchev–Trinajstić information content (AvgIpc) is 2.76. The van der Waals surface area contributed by atoms with Crippen LogP contribution in [0.3, 0.4) is 0 Å². The minimum absolute atomic E-state index is 0.0319. The van der Waals surface area contributed by atoms with Crippen molar-refractivity contribution in [3.05, 3.63) is 29.3 Å². The van der Waals surface area contributed by atoms with Crippen molar-refractivity contribution in [2.45, 2.75) is 30.7 Å². The maximum Gasteiger partial charge on any atom is 0.244 e. The van der Waals surface area contributed by atoms with Crippen molar-refractivity contribution in [1.82, 2.24) is 4.31 Å². The molecule has 1 atom stereocenters. The Labute approximate surface area is 130 Å². The minimum Gasteiger partial charge on any atom is -0.229 e. The molecule has 1 aliphatic rings. The Bertz CT molecular complexity index is 715. The minimum atomic E-state index is -3.79. The molecule has 0 aliphatic carbocycles. The van der Waals surface area contributed by atoms with Gasteiger partial charge in [0.2, 0.25) is 10.0 Å². The molecule has 0 N–H and O–H groups in total. The van der Waals surface area contributed by atoms with Gasteiger partial charge in [-0.25, -0.2) is 16.8 Å². The van der Waals surface area contributed by atoms with Gasteiger partial charge < -0.3 is 0 Å². The lowest BCUT2D eigenvalue weighted by atomic mass is 10.2. The van der Waals surface area contributed by atoms with Crippen LogP contribution in [-0.2, 0) is 19.9 Å². The number of benzene rings is 1. The molecule has 0 radical (unpaired) electrons. The molecule has 0 spiro atoms. The van der Waals surface area contributed by atoms with Gasteiger partial charge in [0.05, 0.1) is 16.5 Å². The first-order valence-electron chi connectivity index (χ1n) is 6.75. The molecule has 1 saturated heterocycles. The number of sulfonamides is 1. The van der Waals surface area contributed by atoms with Gasteiger partial charge in [0.1, 0.15) is 4.90 Å². The van der Waals surface area contributed by atoms with Gasteiger partial charge in [-0.2, -0.15) is 4.31 Å². The number of hydrogen-bond donors (Lipinski definition) is 0. The highest BCUT2D eigenvalue weighted by Crippen LogP contribution is 2.29. The highest BCUT2D eigenvalue weighted by Gasteiger charge is 2.38. The van der Waals surface area contributed by atoms with Crippen molar-refractivity contribution in [2.24, 2.45) is 0 Å². The van der Waals surface area contributed by atoms with E-state index in [0.717, 1.165) is 0 Å². The molecule has 1 aromatic carbocycles. The van der Waals surface area contributed by atoms with Crippen molar-refractivity contribution < 1.29 is 16.8 Å². The van der Waals surface area contributed by atoms with Crippen LogP contribution >= 0.6 is 11.6 Å². The molecule has 5 nitrogen and oxygen atoms in total. The van der Waals surface area contributed by atoms with Crippen molar-refractivity contribution in [3.63, 3.8) is 0 Å². The summed E-state index contributed by atoms with van der Waals surface area (Å²) in [5, 5.41) is 0.152. The van der Waals surface area contributed by atoms with E-state index in [1.807, 2.05) is 6.92 Å². The number of sulfone groups is 1. The zero-order chi connectivity index (χ0) is 15.7. The predicted molar refractivity (Wildman–Crippen MR) is 82.7 cm³/mol. The van der Waals surface area contributed by atoms with Crippen molar-refractivity contribution in [3.8, 4) is 0 Å². The summed E-state index contributed by atoms with van der Waals surface area (Å²) in [7, 11) is -6.94. The summed E-state index contributed by atoms with van der Waals surface area (Å²) >= 11 is 5.99. The zero-order valence-electron chi connectivity index (χ0n) is 11.7. The molecule has 0 aromatic heterocycles. The van der Waals surface area contributed by atoms with Gasteiger partial charge in [0.25, 0.3) is 0 Å². The van der Waals surface area contributed by atoms with Gasteiger partial charge in [-0.05, 0) is 25.0 Å². The second-order valence-electron chi connectivity index (χ2n) is 5.10. The van der Waals surface area contributed by atoms with Crippen LogP contribution in [0.5, 0.6) is 0 Å². The van der Waals surface area contributed by atoms with Crippen LogP contribution in [0.1, 0.15) is 19.8 Å². The Kier molecular flexibility index (Phi) is 4.97. The summed E-state index contributed by atoms with van der Waals surface area (Å²) in [6.45, 7) is 2.15. The van der Waals surface area contributed by atoms with Crippen LogP contribution in [0.2, 0.25) is 5.02 Å². The topological polar surface area (TPSA) is 71.5 Å². The molecule has 1 aliphatic heterocycles. The summed E-state index contributed by atoms with van der Waals surface area (Å²) in [5.41, 5.74) is 0. The normalized spacial score (nSPS) is 21.8. The van der Waals surface area contributed by atoms with Gasteiger partial charge in [-0.3, -0.25) is 0 Å². The van der Waals surface area contributed by atoms with Crippen molar-refractivity contribution in [2.75, 3.05) is 18.1 Å². The monoisotopic (exact) mass is 351 g/mol. The first kappa shape index (κ1) is 16.7. The molecule has 21 heavy (non-hydrogen) atoms. The number of nitrogens with zero attached hydrogens (tertiary/aromatic N) is 1. The average molecular weight is 352 g/mol. The van der Waals surface area contributed by atoms with Gasteiger partial charge >= 0.3 is 0 Å². The van der Waals surface area contributed by atoms with E-state index in [0.29, 0.717) is 12.8 Å². The second-order valence-corrected chi connectivity index (χ2v) is 9.60. The fraction of sp³-hybridized carbons (Fsp3) is 0.538. The van der Waals surface area contributed by atoms with Crippen molar-refractivity contribution >= 4 is 31.5 Å². The number of hydrogen-bond acceptors (Lipinski definition) is 4. The molecule has 1 heterocycles. The van der Waals surface area contributed by atoms with E-state index < -0.39 is 25.9 Å². The Morgan fingerprint density at radius 1 is 1.33 bits per heavy atom. The summed E-state index contributed by atoms with van der Waals surface area (Å²) in [6, 6.07) is 5.73. The molecule has 8 heteroatoms. The van der Waals surface area contributed by atoms with Crippen LogP contribution in [0, 0.1) is 0 Å². The molecular weight excluding hydrogens is 334 g/mol. The van der Waals surface area contributed by atoms with E-state index in [9.17, 15) is 16.8 Å². The molecule has 1 fully saturated rings. The fourth-order valence-corrected chi connectivity index (χ4v) is 6.57. The van der Waals surface area contributed by atoms with E-state index >= 15 is 0 Å². The maximum absolute atomic E-state index is 12.8. The Morgan fingerprint density at radius 3 is 2.52 bits per heavy atom. The largest absolute Gasteiger partial charge is 0.244 e. The third-order valence-corrected chi connectivity index (χ3v) is 7.68. The molecule has 1 aromatic rings. The predicted octanol–water partition coefficient (Wildman–Crippen LogP) is 1.93. The van der Waals surface area contributed by atoms with Gasteiger partial charge in [-0.15, -0.1) is 0 Å². The summed E-state index contributed by atoms with van der Waals surface area (Å²) in [5.74, 6) is -0.0768. The Morgan fingerprint density at radius 2 is 2.00 bits per heavy atom. The highest BCUT2D eigenvalue weighted by molar-refractivity contribution is 7.92. The fourth-order valence-electron chi connectivity index (χ4n) is 2.50. The summed E-state index contributed by atoms with van der Waals surface area (Å²) in [4.78, 5) is 0.0319. The standard InChI is InChI=1S/C13H18ClNO4S2/c1-2-8-15(11-7-9-20(16,17)10-11)21(18,19)13-6-4-3-5-12(13)14/h3-6,11H,2,7-10H2,1H3/t11-/m1/s1. The van der Waals surface area contributed by atoms with Gasteiger partial charge in [-0.1, -0.05) is 30.7 Å².